The van der Waals surface area contributed by atoms with Crippen molar-refractivity contribution in [1.82, 2.24) is 29.4 Å². The van der Waals surface area contributed by atoms with Crippen LogP contribution in [0.5, 0.6) is 0 Å². The van der Waals surface area contributed by atoms with Crippen molar-refractivity contribution in [1.29, 1.82) is 0 Å². The van der Waals surface area contributed by atoms with Crippen LogP contribution < -0.4 is 5.32 Å². The van der Waals surface area contributed by atoms with E-state index in [9.17, 15) is 4.79 Å². The zero-order valence-electron chi connectivity index (χ0n) is 13.6. The van der Waals surface area contributed by atoms with Gasteiger partial charge in [-0.25, -0.2) is 14.5 Å². The topological polar surface area (TPSA) is 80.9 Å². The molecule has 0 radical (unpaired) electrons. The van der Waals surface area contributed by atoms with Gasteiger partial charge >= 0.3 is 6.03 Å². The van der Waals surface area contributed by atoms with Gasteiger partial charge in [0.15, 0.2) is 5.82 Å². The Hall–Kier alpha value is -2.58. The summed E-state index contributed by atoms with van der Waals surface area (Å²) in [5.41, 5.74) is 0.561. The molecule has 8 nitrogen and oxygen atoms in total. The van der Waals surface area contributed by atoms with Gasteiger partial charge in [-0.2, -0.15) is 10.2 Å². The Balaban J connectivity index is 1.42. The number of aromatic nitrogens is 5. The van der Waals surface area contributed by atoms with Crippen LogP contribution in [-0.4, -0.2) is 48.6 Å². The highest BCUT2D eigenvalue weighted by Gasteiger charge is 2.27. The predicted molar refractivity (Wildman–Crippen MR) is 97.9 cm³/mol. The lowest BCUT2D eigenvalue weighted by Crippen LogP contribution is -2.33. The van der Waals surface area contributed by atoms with Gasteiger partial charge in [0.05, 0.1) is 34.2 Å². The molecule has 1 aliphatic rings. The number of hydrogen-bond acceptors (Lipinski definition) is 4. The minimum atomic E-state index is -0.172. The van der Waals surface area contributed by atoms with Crippen LogP contribution in [0.15, 0.2) is 43.1 Å². The van der Waals surface area contributed by atoms with Crippen molar-refractivity contribution in [2.45, 2.75) is 12.5 Å². The average molecular weight is 392 g/mol. The van der Waals surface area contributed by atoms with E-state index in [4.69, 9.17) is 23.2 Å². The fourth-order valence-corrected chi connectivity index (χ4v) is 3.39. The summed E-state index contributed by atoms with van der Waals surface area (Å²) in [6.07, 6.45) is 9.22. The maximum atomic E-state index is 12.5. The number of pyridine rings is 1. The molecule has 0 aliphatic carbocycles. The Bertz CT molecular complexity index is 925. The Morgan fingerprint density at radius 2 is 2.15 bits per heavy atom. The summed E-state index contributed by atoms with van der Waals surface area (Å²) in [5.74, 6) is 0.441. The SMILES string of the molecule is O=C(Nc1cnn(-c2ncc(Cl)cc2Cl)c1)N1CCC(n2cccn2)C1. The third kappa shape index (κ3) is 3.38. The van der Waals surface area contributed by atoms with Crippen LogP contribution in [0.2, 0.25) is 10.0 Å². The standard InChI is InChI=1S/C16H15Cl2N7O/c17-11-6-14(18)15(19-7-11)25-9-12(8-21-25)22-16(26)23-5-2-13(10-23)24-4-1-3-20-24/h1,3-4,6-9,13H,2,5,10H2,(H,22,26). The molecule has 1 fully saturated rings. The second-order valence-corrected chi connectivity index (χ2v) is 6.78. The fourth-order valence-electron chi connectivity index (χ4n) is 2.92. The van der Waals surface area contributed by atoms with E-state index < -0.39 is 0 Å². The molecule has 2 amide bonds. The summed E-state index contributed by atoms with van der Waals surface area (Å²) < 4.78 is 3.38. The molecule has 4 rings (SSSR count). The van der Waals surface area contributed by atoms with E-state index in [-0.39, 0.29) is 12.1 Å². The molecule has 0 bridgehead atoms. The van der Waals surface area contributed by atoms with E-state index in [1.165, 1.54) is 10.9 Å². The number of amides is 2. The third-order valence-electron chi connectivity index (χ3n) is 4.19. The molecule has 1 N–H and O–H groups in total. The monoisotopic (exact) mass is 391 g/mol. The summed E-state index contributed by atoms with van der Waals surface area (Å²) in [4.78, 5) is 18.4. The maximum Gasteiger partial charge on any atom is 0.322 e. The molecular formula is C16H15Cl2N7O. The van der Waals surface area contributed by atoms with Crippen LogP contribution in [0, 0.1) is 0 Å². The molecule has 0 aromatic carbocycles. The molecule has 10 heteroatoms. The van der Waals surface area contributed by atoms with Crippen LogP contribution in [0.1, 0.15) is 12.5 Å². The lowest BCUT2D eigenvalue weighted by Gasteiger charge is -2.16. The highest BCUT2D eigenvalue weighted by Crippen LogP contribution is 2.23. The van der Waals surface area contributed by atoms with Crippen molar-refractivity contribution in [2.24, 2.45) is 0 Å². The van der Waals surface area contributed by atoms with Crippen LogP contribution >= 0.6 is 23.2 Å². The Labute approximate surface area is 159 Å². The zero-order valence-corrected chi connectivity index (χ0v) is 15.1. The van der Waals surface area contributed by atoms with Crippen molar-refractivity contribution in [3.05, 3.63) is 53.2 Å². The van der Waals surface area contributed by atoms with E-state index in [0.29, 0.717) is 34.6 Å². The minimum absolute atomic E-state index is 0.172. The number of halogens is 2. The van der Waals surface area contributed by atoms with Gasteiger partial charge in [-0.05, 0) is 18.6 Å². The normalized spacial score (nSPS) is 16.8. The Morgan fingerprint density at radius 1 is 1.27 bits per heavy atom. The molecule has 1 unspecified atom stereocenters. The highest BCUT2D eigenvalue weighted by atomic mass is 35.5. The number of carbonyl (C=O) groups is 1. The number of nitrogens with zero attached hydrogens (tertiary/aromatic N) is 6. The van der Waals surface area contributed by atoms with Crippen molar-refractivity contribution in [3.8, 4) is 5.82 Å². The molecule has 4 heterocycles. The number of anilines is 1. The van der Waals surface area contributed by atoms with E-state index >= 15 is 0 Å². The van der Waals surface area contributed by atoms with E-state index in [1.807, 2.05) is 16.9 Å². The minimum Gasteiger partial charge on any atom is -0.322 e. The lowest BCUT2D eigenvalue weighted by molar-refractivity contribution is 0.220. The van der Waals surface area contributed by atoms with Crippen LogP contribution in [-0.2, 0) is 0 Å². The number of carbonyl (C=O) groups excluding carboxylic acids is 1. The number of rotatable bonds is 3. The maximum absolute atomic E-state index is 12.5. The Kier molecular flexibility index (Phi) is 4.52. The van der Waals surface area contributed by atoms with Crippen LogP contribution in [0.4, 0.5) is 10.5 Å². The third-order valence-corrected chi connectivity index (χ3v) is 4.67. The Morgan fingerprint density at radius 3 is 2.92 bits per heavy atom. The molecule has 134 valence electrons. The molecule has 1 atom stereocenters. The molecular weight excluding hydrogens is 377 g/mol. The van der Waals surface area contributed by atoms with Gasteiger partial charge < -0.3 is 10.2 Å². The highest BCUT2D eigenvalue weighted by molar-refractivity contribution is 6.35. The first-order chi connectivity index (χ1) is 12.6. The number of hydrogen-bond donors (Lipinski definition) is 1. The van der Waals surface area contributed by atoms with Crippen molar-refractivity contribution < 1.29 is 4.79 Å². The van der Waals surface area contributed by atoms with Gasteiger partial charge in [0, 0.05) is 31.7 Å². The van der Waals surface area contributed by atoms with Crippen LogP contribution in [0.25, 0.3) is 5.82 Å². The lowest BCUT2D eigenvalue weighted by atomic mass is 10.3. The van der Waals surface area contributed by atoms with Crippen molar-refractivity contribution >= 4 is 34.9 Å². The summed E-state index contributed by atoms with van der Waals surface area (Å²) in [5, 5.41) is 12.1. The van der Waals surface area contributed by atoms with Gasteiger partial charge in [-0.15, -0.1) is 0 Å². The summed E-state index contributed by atoms with van der Waals surface area (Å²) in [6, 6.07) is 3.50. The zero-order chi connectivity index (χ0) is 18.1. The molecule has 3 aromatic heterocycles. The van der Waals surface area contributed by atoms with Gasteiger partial charge in [-0.3, -0.25) is 4.68 Å². The van der Waals surface area contributed by atoms with E-state index in [1.54, 1.807) is 29.6 Å². The summed E-state index contributed by atoms with van der Waals surface area (Å²) in [6.45, 7) is 1.29. The van der Waals surface area contributed by atoms with Gasteiger partial charge in [0.2, 0.25) is 0 Å². The molecule has 1 aliphatic heterocycles. The van der Waals surface area contributed by atoms with Crippen molar-refractivity contribution in [3.63, 3.8) is 0 Å². The molecule has 1 saturated heterocycles. The number of urea groups is 1. The van der Waals surface area contributed by atoms with E-state index in [2.05, 4.69) is 20.5 Å². The first-order valence-corrected chi connectivity index (χ1v) is 8.77. The molecule has 26 heavy (non-hydrogen) atoms. The first kappa shape index (κ1) is 16.9. The first-order valence-electron chi connectivity index (χ1n) is 8.01. The second kappa shape index (κ2) is 6.97. The average Bonchev–Trinajstić information content (AvgIpc) is 3.36. The molecule has 3 aromatic rings. The summed E-state index contributed by atoms with van der Waals surface area (Å²) in [7, 11) is 0. The van der Waals surface area contributed by atoms with Gasteiger partial charge in [0.1, 0.15) is 0 Å². The second-order valence-electron chi connectivity index (χ2n) is 5.94. The smallest absolute Gasteiger partial charge is 0.322 e. The molecule has 0 spiro atoms. The molecule has 0 saturated carbocycles. The number of likely N-dealkylation sites (tertiary alicyclic amines) is 1. The predicted octanol–water partition coefficient (Wildman–Crippen LogP) is 3.25. The van der Waals surface area contributed by atoms with E-state index in [0.717, 1.165) is 6.42 Å². The quantitative estimate of drug-likeness (QED) is 0.742. The fraction of sp³-hybridized carbons (Fsp3) is 0.250. The van der Waals surface area contributed by atoms with Crippen LogP contribution in [0.3, 0.4) is 0 Å². The summed E-state index contributed by atoms with van der Waals surface area (Å²) >= 11 is 12.0. The van der Waals surface area contributed by atoms with Gasteiger partial charge in [-0.1, -0.05) is 23.2 Å². The van der Waals surface area contributed by atoms with Gasteiger partial charge in [0.25, 0.3) is 0 Å². The largest absolute Gasteiger partial charge is 0.322 e. The number of nitrogens with one attached hydrogen (secondary N) is 1. The van der Waals surface area contributed by atoms with Crippen molar-refractivity contribution in [2.75, 3.05) is 18.4 Å².